The van der Waals surface area contributed by atoms with Gasteiger partial charge in [0.1, 0.15) is 11.3 Å². The molecule has 0 fully saturated rings. The third-order valence-electron chi connectivity index (χ3n) is 2.03. The van der Waals surface area contributed by atoms with Crippen LogP contribution in [-0.4, -0.2) is 16.1 Å². The zero-order valence-electron chi connectivity index (χ0n) is 8.63. The van der Waals surface area contributed by atoms with Gasteiger partial charge in [0.15, 0.2) is 0 Å². The lowest BCUT2D eigenvalue weighted by Gasteiger charge is -2.07. The van der Waals surface area contributed by atoms with E-state index in [0.717, 1.165) is 4.47 Å². The molecule has 1 N–H and O–H groups in total. The van der Waals surface area contributed by atoms with E-state index in [4.69, 9.17) is 9.84 Å². The van der Waals surface area contributed by atoms with E-state index in [1.807, 2.05) is 0 Å². The van der Waals surface area contributed by atoms with E-state index in [1.165, 1.54) is 6.07 Å². The van der Waals surface area contributed by atoms with Crippen LogP contribution in [0.3, 0.4) is 0 Å². The number of hydrogen-bond donors (Lipinski definition) is 1. The van der Waals surface area contributed by atoms with Crippen LogP contribution >= 0.6 is 15.9 Å². The number of carboxylic acid groups (broad SMARTS) is 1. The summed E-state index contributed by atoms with van der Waals surface area (Å²) in [6.45, 7) is 0. The minimum absolute atomic E-state index is 0.109. The number of rotatable bonds is 3. The highest BCUT2D eigenvalue weighted by Crippen LogP contribution is 2.24. The first-order valence-electron chi connectivity index (χ1n) is 4.78. The number of aromatic nitrogens is 1. The van der Waals surface area contributed by atoms with Gasteiger partial charge in [-0.2, -0.15) is 0 Å². The Kier molecular flexibility index (Phi) is 3.39. The molecule has 0 saturated heterocycles. The smallest absolute Gasteiger partial charge is 0.339 e. The minimum atomic E-state index is -1.03. The van der Waals surface area contributed by atoms with E-state index in [9.17, 15) is 4.79 Å². The van der Waals surface area contributed by atoms with E-state index in [1.54, 1.807) is 36.5 Å². The first-order chi connectivity index (χ1) is 8.16. The number of carboxylic acids is 1. The fourth-order valence-electron chi connectivity index (χ4n) is 1.27. The summed E-state index contributed by atoms with van der Waals surface area (Å²) in [7, 11) is 0. The number of ether oxygens (including phenoxy) is 1. The highest BCUT2D eigenvalue weighted by Gasteiger charge is 2.11. The Morgan fingerprint density at radius 1 is 1.24 bits per heavy atom. The lowest BCUT2D eigenvalue weighted by molar-refractivity contribution is 0.0694. The average molecular weight is 294 g/mol. The second-order valence-electron chi connectivity index (χ2n) is 3.22. The van der Waals surface area contributed by atoms with Crippen LogP contribution in [0.1, 0.15) is 10.4 Å². The first kappa shape index (κ1) is 11.6. The van der Waals surface area contributed by atoms with Gasteiger partial charge in [-0.05, 0) is 34.1 Å². The van der Waals surface area contributed by atoms with E-state index < -0.39 is 5.97 Å². The summed E-state index contributed by atoms with van der Waals surface area (Å²) in [5.74, 6) is -0.408. The molecule has 0 amide bonds. The van der Waals surface area contributed by atoms with Crippen molar-refractivity contribution in [3.05, 3.63) is 52.6 Å². The minimum Gasteiger partial charge on any atom is -0.478 e. The Balaban J connectivity index is 2.30. The molecule has 1 heterocycles. The van der Waals surface area contributed by atoms with E-state index in [0.29, 0.717) is 5.88 Å². The van der Waals surface area contributed by atoms with Crippen LogP contribution in [0.25, 0.3) is 0 Å². The van der Waals surface area contributed by atoms with Crippen LogP contribution in [0, 0.1) is 0 Å². The van der Waals surface area contributed by atoms with E-state index in [2.05, 4.69) is 20.9 Å². The first-order valence-corrected chi connectivity index (χ1v) is 5.58. The number of nitrogens with zero attached hydrogens (tertiary/aromatic N) is 1. The van der Waals surface area contributed by atoms with Crippen molar-refractivity contribution in [2.75, 3.05) is 0 Å². The van der Waals surface area contributed by atoms with Crippen molar-refractivity contribution < 1.29 is 14.6 Å². The largest absolute Gasteiger partial charge is 0.478 e. The van der Waals surface area contributed by atoms with E-state index in [-0.39, 0.29) is 11.3 Å². The summed E-state index contributed by atoms with van der Waals surface area (Å²) >= 11 is 3.26. The number of pyridine rings is 1. The number of carbonyl (C=O) groups is 1. The fourth-order valence-corrected chi connectivity index (χ4v) is 1.50. The zero-order valence-corrected chi connectivity index (χ0v) is 10.2. The summed E-state index contributed by atoms with van der Waals surface area (Å²) in [6, 6.07) is 9.85. The Labute approximate surface area is 106 Å². The Morgan fingerprint density at radius 3 is 2.65 bits per heavy atom. The predicted molar refractivity (Wildman–Crippen MR) is 65.4 cm³/mol. The molecule has 17 heavy (non-hydrogen) atoms. The maximum atomic E-state index is 11.0. The molecule has 1 aromatic carbocycles. The zero-order chi connectivity index (χ0) is 12.3. The van der Waals surface area contributed by atoms with Gasteiger partial charge in [0.05, 0.1) is 0 Å². The van der Waals surface area contributed by atoms with Gasteiger partial charge in [-0.1, -0.05) is 12.1 Å². The van der Waals surface area contributed by atoms with Crippen molar-refractivity contribution in [3.8, 4) is 11.6 Å². The van der Waals surface area contributed by atoms with Crippen molar-refractivity contribution in [1.29, 1.82) is 0 Å². The normalized spacial score (nSPS) is 9.94. The molecule has 0 bridgehead atoms. The van der Waals surface area contributed by atoms with Crippen LogP contribution in [-0.2, 0) is 0 Å². The summed E-state index contributed by atoms with van der Waals surface area (Å²) in [5, 5.41) is 8.98. The number of halogens is 1. The fraction of sp³-hybridized carbons (Fsp3) is 0. The van der Waals surface area contributed by atoms with Gasteiger partial charge in [-0.3, -0.25) is 0 Å². The maximum Gasteiger partial charge on any atom is 0.339 e. The number of benzene rings is 1. The van der Waals surface area contributed by atoms with Crippen molar-refractivity contribution in [1.82, 2.24) is 4.98 Å². The van der Waals surface area contributed by atoms with Crippen LogP contribution in [0.15, 0.2) is 47.1 Å². The summed E-state index contributed by atoms with van der Waals surface area (Å²) in [4.78, 5) is 15.0. The van der Waals surface area contributed by atoms with Crippen molar-refractivity contribution >= 4 is 21.9 Å². The molecule has 0 radical (unpaired) electrons. The van der Waals surface area contributed by atoms with Gasteiger partial charge in [-0.15, -0.1) is 0 Å². The lowest BCUT2D eigenvalue weighted by Crippen LogP contribution is -2.00. The quantitative estimate of drug-likeness (QED) is 0.943. The van der Waals surface area contributed by atoms with Crippen molar-refractivity contribution in [2.24, 2.45) is 0 Å². The number of hydrogen-bond acceptors (Lipinski definition) is 3. The summed E-state index contributed by atoms with van der Waals surface area (Å²) in [5.41, 5.74) is 0.109. The Bertz CT molecular complexity index is 540. The van der Waals surface area contributed by atoms with Gasteiger partial charge >= 0.3 is 5.97 Å². The average Bonchev–Trinajstić information content (AvgIpc) is 2.32. The topological polar surface area (TPSA) is 59.4 Å². The number of aromatic carboxylic acids is 1. The third-order valence-corrected chi connectivity index (χ3v) is 2.50. The lowest BCUT2D eigenvalue weighted by atomic mass is 10.2. The molecule has 4 nitrogen and oxygen atoms in total. The van der Waals surface area contributed by atoms with Gasteiger partial charge < -0.3 is 9.84 Å². The van der Waals surface area contributed by atoms with Crippen LogP contribution in [0.4, 0.5) is 0 Å². The second kappa shape index (κ2) is 4.97. The van der Waals surface area contributed by atoms with Gasteiger partial charge in [0.2, 0.25) is 5.88 Å². The number of para-hydroxylation sites is 1. The van der Waals surface area contributed by atoms with Gasteiger partial charge in [0.25, 0.3) is 0 Å². The Morgan fingerprint density at radius 2 is 2.00 bits per heavy atom. The molecule has 2 rings (SSSR count). The molecule has 2 aromatic rings. The second-order valence-corrected chi connectivity index (χ2v) is 4.13. The summed E-state index contributed by atoms with van der Waals surface area (Å²) < 4.78 is 6.24. The van der Waals surface area contributed by atoms with Crippen LogP contribution < -0.4 is 4.74 Å². The SMILES string of the molecule is O=C(O)c1ccccc1Oc1ccc(Br)cn1. The highest BCUT2D eigenvalue weighted by atomic mass is 79.9. The molecule has 86 valence electrons. The molecule has 5 heteroatoms. The molecule has 0 atom stereocenters. The van der Waals surface area contributed by atoms with Gasteiger partial charge in [0, 0.05) is 16.7 Å². The monoisotopic (exact) mass is 293 g/mol. The summed E-state index contributed by atoms with van der Waals surface area (Å²) in [6.07, 6.45) is 1.58. The molecule has 0 aliphatic carbocycles. The Hall–Kier alpha value is -1.88. The standard InChI is InChI=1S/C12H8BrNO3/c13-8-5-6-11(14-7-8)17-10-4-2-1-3-9(10)12(15)16/h1-7H,(H,15,16). The third kappa shape index (κ3) is 2.82. The van der Waals surface area contributed by atoms with E-state index >= 15 is 0 Å². The molecule has 0 unspecified atom stereocenters. The van der Waals surface area contributed by atoms with Gasteiger partial charge in [-0.25, -0.2) is 9.78 Å². The highest BCUT2D eigenvalue weighted by molar-refractivity contribution is 9.10. The molecule has 0 spiro atoms. The molecule has 0 aliphatic heterocycles. The van der Waals surface area contributed by atoms with Crippen LogP contribution in [0.5, 0.6) is 11.6 Å². The van der Waals surface area contributed by atoms with Crippen molar-refractivity contribution in [2.45, 2.75) is 0 Å². The van der Waals surface area contributed by atoms with Crippen LogP contribution in [0.2, 0.25) is 0 Å². The molecular weight excluding hydrogens is 286 g/mol. The predicted octanol–water partition coefficient (Wildman–Crippen LogP) is 3.33. The molecular formula is C12H8BrNO3. The maximum absolute atomic E-state index is 11.0. The van der Waals surface area contributed by atoms with Crippen molar-refractivity contribution in [3.63, 3.8) is 0 Å². The molecule has 0 aliphatic rings. The molecule has 0 saturated carbocycles. The molecule has 1 aromatic heterocycles.